The number of carbonyl (C=O) groups is 1. The molecule has 4 bridgehead atoms. The van der Waals surface area contributed by atoms with Gasteiger partial charge in [0.25, 0.3) is 0 Å². The van der Waals surface area contributed by atoms with Crippen molar-refractivity contribution in [2.45, 2.75) is 56.2 Å². The van der Waals surface area contributed by atoms with Gasteiger partial charge in [-0.05, 0) is 62.7 Å². The summed E-state index contributed by atoms with van der Waals surface area (Å²) in [4.78, 5) is 12.0. The summed E-state index contributed by atoms with van der Waals surface area (Å²) < 4.78 is 5.65. The molecule has 2 nitrogen and oxygen atoms in total. The molecular formula is C16H23BrO2. The van der Waals surface area contributed by atoms with E-state index in [1.165, 1.54) is 38.5 Å². The minimum Gasteiger partial charge on any atom is -0.461 e. The number of hydrogen-bond acceptors (Lipinski definition) is 2. The summed E-state index contributed by atoms with van der Waals surface area (Å²) in [6.07, 6.45) is 12.1. The van der Waals surface area contributed by atoms with Crippen molar-refractivity contribution in [1.82, 2.24) is 0 Å². The molecule has 4 saturated carbocycles. The third kappa shape index (κ3) is 2.76. The van der Waals surface area contributed by atoms with Crippen molar-refractivity contribution in [3.05, 3.63) is 12.2 Å². The summed E-state index contributed by atoms with van der Waals surface area (Å²) in [5.74, 6) is 1.67. The predicted octanol–water partition coefficient (Wildman–Crippen LogP) is 4.23. The fourth-order valence-corrected chi connectivity index (χ4v) is 6.65. The SMILES string of the molecule is C/C=C/COC(=O)CC12CC3CC(CC(Br)(C3)C1)C2. The first-order valence-electron chi connectivity index (χ1n) is 7.48. The van der Waals surface area contributed by atoms with Gasteiger partial charge in [-0.2, -0.15) is 0 Å². The number of alkyl halides is 1. The highest BCUT2D eigenvalue weighted by Crippen LogP contribution is 2.65. The second kappa shape index (κ2) is 4.91. The molecule has 0 aromatic heterocycles. The quantitative estimate of drug-likeness (QED) is 0.439. The summed E-state index contributed by atoms with van der Waals surface area (Å²) in [6, 6.07) is 0. The Hall–Kier alpha value is -0.310. The molecule has 0 aromatic rings. The van der Waals surface area contributed by atoms with Crippen LogP contribution in [0.15, 0.2) is 12.2 Å². The topological polar surface area (TPSA) is 26.3 Å². The zero-order valence-corrected chi connectivity index (χ0v) is 13.2. The van der Waals surface area contributed by atoms with Crippen LogP contribution in [-0.4, -0.2) is 16.9 Å². The molecule has 0 amide bonds. The van der Waals surface area contributed by atoms with Gasteiger partial charge in [0.1, 0.15) is 6.61 Å². The average Bonchev–Trinajstić information content (AvgIpc) is 2.24. The van der Waals surface area contributed by atoms with Crippen LogP contribution < -0.4 is 0 Å². The van der Waals surface area contributed by atoms with E-state index in [9.17, 15) is 4.79 Å². The lowest BCUT2D eigenvalue weighted by molar-refractivity contribution is -0.149. The first-order chi connectivity index (χ1) is 9.03. The average molecular weight is 327 g/mol. The highest BCUT2D eigenvalue weighted by Gasteiger charge is 2.57. The van der Waals surface area contributed by atoms with Crippen LogP contribution in [0.3, 0.4) is 0 Å². The third-order valence-corrected chi connectivity index (χ3v) is 6.13. The Balaban J connectivity index is 1.65. The maximum Gasteiger partial charge on any atom is 0.306 e. The van der Waals surface area contributed by atoms with E-state index in [4.69, 9.17) is 4.74 Å². The molecule has 0 saturated heterocycles. The molecule has 0 N–H and O–H groups in total. The molecule has 2 unspecified atom stereocenters. The second-order valence-electron chi connectivity index (χ2n) is 7.04. The van der Waals surface area contributed by atoms with Gasteiger partial charge in [0.15, 0.2) is 0 Å². The van der Waals surface area contributed by atoms with Gasteiger partial charge in [-0.1, -0.05) is 28.1 Å². The number of hydrogen-bond donors (Lipinski definition) is 0. The number of carbonyl (C=O) groups excluding carboxylic acids is 1. The largest absolute Gasteiger partial charge is 0.461 e. The molecule has 4 fully saturated rings. The van der Waals surface area contributed by atoms with Gasteiger partial charge in [0.2, 0.25) is 0 Å². The summed E-state index contributed by atoms with van der Waals surface area (Å²) in [7, 11) is 0. The fourth-order valence-electron chi connectivity index (χ4n) is 5.14. The maximum atomic E-state index is 12.0. The van der Waals surface area contributed by atoms with Crippen molar-refractivity contribution in [3.63, 3.8) is 0 Å². The van der Waals surface area contributed by atoms with Gasteiger partial charge in [0.05, 0.1) is 6.42 Å². The Morgan fingerprint density at radius 3 is 2.58 bits per heavy atom. The number of esters is 1. The molecular weight excluding hydrogens is 304 g/mol. The number of allylic oxidation sites excluding steroid dienone is 1. The molecule has 4 aliphatic rings. The van der Waals surface area contributed by atoms with Crippen molar-refractivity contribution < 1.29 is 9.53 Å². The summed E-state index contributed by atoms with van der Waals surface area (Å²) in [5.41, 5.74) is 0.237. The van der Waals surface area contributed by atoms with Crippen molar-refractivity contribution >= 4 is 21.9 Å². The van der Waals surface area contributed by atoms with Crippen molar-refractivity contribution in [2.75, 3.05) is 6.61 Å². The Labute approximate surface area is 124 Å². The number of halogens is 1. The van der Waals surface area contributed by atoms with Crippen LogP contribution >= 0.6 is 15.9 Å². The highest BCUT2D eigenvalue weighted by atomic mass is 79.9. The molecule has 4 rings (SSSR count). The van der Waals surface area contributed by atoms with Gasteiger partial charge in [-0.3, -0.25) is 4.79 Å². The third-order valence-electron chi connectivity index (χ3n) is 5.21. The van der Waals surface area contributed by atoms with Gasteiger partial charge in [-0.25, -0.2) is 0 Å². The van der Waals surface area contributed by atoms with Gasteiger partial charge >= 0.3 is 5.97 Å². The van der Waals surface area contributed by atoms with Crippen molar-refractivity contribution in [2.24, 2.45) is 17.3 Å². The zero-order valence-electron chi connectivity index (χ0n) is 11.7. The Morgan fingerprint density at radius 2 is 2.00 bits per heavy atom. The molecule has 2 atom stereocenters. The lowest BCUT2D eigenvalue weighted by atomic mass is 9.49. The van der Waals surface area contributed by atoms with Crippen LogP contribution in [0, 0.1) is 17.3 Å². The molecule has 0 radical (unpaired) electrons. The van der Waals surface area contributed by atoms with E-state index < -0.39 is 0 Å². The van der Waals surface area contributed by atoms with E-state index >= 15 is 0 Å². The summed E-state index contributed by atoms with van der Waals surface area (Å²) in [5, 5.41) is 0. The van der Waals surface area contributed by atoms with Crippen LogP contribution in [0.2, 0.25) is 0 Å². The molecule has 19 heavy (non-hydrogen) atoms. The van der Waals surface area contributed by atoms with E-state index in [1.54, 1.807) is 0 Å². The molecule has 106 valence electrons. The minimum absolute atomic E-state index is 0.00356. The van der Waals surface area contributed by atoms with Crippen LogP contribution in [0.25, 0.3) is 0 Å². The zero-order chi connectivity index (χ0) is 13.5. The Morgan fingerprint density at radius 1 is 1.32 bits per heavy atom. The lowest BCUT2D eigenvalue weighted by Crippen LogP contribution is -2.53. The van der Waals surface area contributed by atoms with Gasteiger partial charge in [0, 0.05) is 4.32 Å². The molecule has 3 heteroatoms. The normalized spacial score (nSPS) is 43.9. The van der Waals surface area contributed by atoms with Crippen LogP contribution in [0.5, 0.6) is 0 Å². The van der Waals surface area contributed by atoms with Crippen LogP contribution in [0.1, 0.15) is 51.9 Å². The van der Waals surface area contributed by atoms with E-state index in [1.807, 2.05) is 19.1 Å². The number of rotatable bonds is 4. The molecule has 0 heterocycles. The lowest BCUT2D eigenvalue weighted by Gasteiger charge is -2.60. The Bertz CT molecular complexity index is 388. The van der Waals surface area contributed by atoms with Gasteiger partial charge < -0.3 is 4.74 Å². The predicted molar refractivity (Wildman–Crippen MR) is 79.2 cm³/mol. The monoisotopic (exact) mass is 326 g/mol. The number of ether oxygens (including phenoxy) is 1. The fraction of sp³-hybridized carbons (Fsp3) is 0.812. The van der Waals surface area contributed by atoms with Crippen LogP contribution in [-0.2, 0) is 9.53 Å². The molecule has 0 spiro atoms. The molecule has 4 aliphatic carbocycles. The standard InChI is InChI=1S/C16H23BrO2/c1-2-3-4-19-14(18)10-15-6-12-5-13(7-15)9-16(17,8-12)11-15/h2-3,12-13H,4-11H2,1H3/b3-2+. The highest BCUT2D eigenvalue weighted by molar-refractivity contribution is 9.10. The molecule has 0 aliphatic heterocycles. The van der Waals surface area contributed by atoms with Crippen molar-refractivity contribution in [1.29, 1.82) is 0 Å². The minimum atomic E-state index is -0.00356. The first-order valence-corrected chi connectivity index (χ1v) is 8.28. The maximum absolute atomic E-state index is 12.0. The Kier molecular flexibility index (Phi) is 3.53. The smallest absolute Gasteiger partial charge is 0.306 e. The first kappa shape index (κ1) is 13.7. The van der Waals surface area contributed by atoms with Crippen molar-refractivity contribution in [3.8, 4) is 0 Å². The van der Waals surface area contributed by atoms with Crippen LogP contribution in [0.4, 0.5) is 0 Å². The molecule has 0 aromatic carbocycles. The van der Waals surface area contributed by atoms with E-state index in [0.717, 1.165) is 11.8 Å². The van der Waals surface area contributed by atoms with Gasteiger partial charge in [-0.15, -0.1) is 0 Å². The summed E-state index contributed by atoms with van der Waals surface area (Å²) >= 11 is 3.98. The summed E-state index contributed by atoms with van der Waals surface area (Å²) in [6.45, 7) is 2.37. The van der Waals surface area contributed by atoms with E-state index in [0.29, 0.717) is 17.4 Å². The second-order valence-corrected chi connectivity index (χ2v) is 8.72. The van der Waals surface area contributed by atoms with E-state index in [-0.39, 0.29) is 11.4 Å². The van der Waals surface area contributed by atoms with E-state index in [2.05, 4.69) is 15.9 Å².